The number of nitrogens with two attached hydrogens (primary N) is 1. The molecule has 0 radical (unpaired) electrons. The standard InChI is InChI=1S/C13H9N3O.C6H12N2O.C2H6/c1-2-10-3-4-12(15-9-10)13(17)16-11-5-7-14-8-6-11;1-4-5(2)9-6(7)8-3;1-2/h1,3-9H,(H,14,16,17);4H,1-3H3,(H2,7,8);1-2H3/b;5-4-;. The van der Waals surface area contributed by atoms with Crippen molar-refractivity contribution in [2.45, 2.75) is 27.7 Å². The highest BCUT2D eigenvalue weighted by molar-refractivity contribution is 6.02. The van der Waals surface area contributed by atoms with Gasteiger partial charge in [-0.05, 0) is 44.2 Å². The smallest absolute Gasteiger partial charge is 0.286 e. The van der Waals surface area contributed by atoms with Gasteiger partial charge in [-0.3, -0.25) is 9.78 Å². The number of ether oxygens (including phenoxy) is 1. The first-order valence-corrected chi connectivity index (χ1v) is 8.67. The molecule has 0 aliphatic rings. The van der Waals surface area contributed by atoms with Gasteiger partial charge in [0.2, 0.25) is 0 Å². The number of carbonyl (C=O) groups excluding carboxylic acids is 1. The van der Waals surface area contributed by atoms with Crippen molar-refractivity contribution < 1.29 is 9.53 Å². The van der Waals surface area contributed by atoms with E-state index in [9.17, 15) is 4.79 Å². The lowest BCUT2D eigenvalue weighted by molar-refractivity contribution is 0.102. The highest BCUT2D eigenvalue weighted by Crippen LogP contribution is 2.06. The molecule has 0 unspecified atom stereocenters. The molecular weight excluding hydrogens is 354 g/mol. The normalized spacial score (nSPS) is 10.3. The number of hydrogen-bond acceptors (Lipinski definition) is 5. The Kier molecular flexibility index (Phi) is 12.6. The van der Waals surface area contributed by atoms with Crippen LogP contribution in [0.15, 0.2) is 59.7 Å². The number of hydrogen-bond donors (Lipinski definition) is 2. The SMILES string of the molecule is C#Cc1ccc(C(=O)Nc2ccncc2)nc1.C/C=C(/C)OC(N)=NC.CC. The molecule has 0 fully saturated rings. The van der Waals surface area contributed by atoms with Crippen LogP contribution < -0.4 is 11.1 Å². The third-order valence-electron chi connectivity index (χ3n) is 2.99. The summed E-state index contributed by atoms with van der Waals surface area (Å²) < 4.78 is 4.94. The number of pyridine rings is 2. The molecule has 2 rings (SSSR count). The van der Waals surface area contributed by atoms with E-state index >= 15 is 0 Å². The molecule has 0 saturated heterocycles. The summed E-state index contributed by atoms with van der Waals surface area (Å²) in [5.41, 5.74) is 6.87. The van der Waals surface area contributed by atoms with Crippen molar-refractivity contribution in [2.75, 3.05) is 12.4 Å². The zero-order valence-electron chi connectivity index (χ0n) is 16.9. The topological polar surface area (TPSA) is 102 Å². The Morgan fingerprint density at radius 3 is 2.39 bits per heavy atom. The molecule has 148 valence electrons. The third kappa shape index (κ3) is 9.73. The molecule has 0 atom stereocenters. The van der Waals surface area contributed by atoms with Gasteiger partial charge in [-0.2, -0.15) is 0 Å². The Hall–Kier alpha value is -3.66. The summed E-state index contributed by atoms with van der Waals surface area (Å²) in [4.78, 5) is 23.2. The van der Waals surface area contributed by atoms with Crippen LogP contribution in [0, 0.1) is 12.3 Å². The predicted molar refractivity (Wildman–Crippen MR) is 114 cm³/mol. The summed E-state index contributed by atoms with van der Waals surface area (Å²) in [5.74, 6) is 2.92. The number of amides is 1. The number of anilines is 1. The van der Waals surface area contributed by atoms with Crippen molar-refractivity contribution >= 4 is 17.6 Å². The number of allylic oxidation sites excluding steroid dienone is 2. The molecule has 0 bridgehead atoms. The second-order valence-corrected chi connectivity index (χ2v) is 4.83. The maximum absolute atomic E-state index is 11.8. The van der Waals surface area contributed by atoms with Crippen LogP contribution in [-0.2, 0) is 4.74 Å². The average molecular weight is 381 g/mol. The van der Waals surface area contributed by atoms with Crippen LogP contribution in [0.25, 0.3) is 0 Å². The molecule has 0 aliphatic heterocycles. The minimum absolute atomic E-state index is 0.200. The Morgan fingerprint density at radius 2 is 1.93 bits per heavy atom. The summed E-state index contributed by atoms with van der Waals surface area (Å²) in [7, 11) is 1.58. The summed E-state index contributed by atoms with van der Waals surface area (Å²) in [6.07, 6.45) is 11.7. The fourth-order valence-corrected chi connectivity index (χ4v) is 1.51. The summed E-state index contributed by atoms with van der Waals surface area (Å²) >= 11 is 0. The van der Waals surface area contributed by atoms with Gasteiger partial charge in [0.15, 0.2) is 0 Å². The molecule has 2 aromatic rings. The molecule has 2 heterocycles. The van der Waals surface area contributed by atoms with Crippen LogP contribution >= 0.6 is 0 Å². The number of aliphatic imine (C=N–C) groups is 1. The van der Waals surface area contributed by atoms with Crippen molar-refractivity contribution in [1.29, 1.82) is 0 Å². The highest BCUT2D eigenvalue weighted by atomic mass is 16.5. The Bertz CT molecular complexity index is 791. The van der Waals surface area contributed by atoms with Gasteiger partial charge in [0.05, 0.1) is 0 Å². The van der Waals surface area contributed by atoms with Gasteiger partial charge in [-0.1, -0.05) is 19.8 Å². The van der Waals surface area contributed by atoms with E-state index in [1.807, 2.05) is 33.8 Å². The first-order valence-electron chi connectivity index (χ1n) is 8.67. The molecular formula is C21H27N5O2. The lowest BCUT2D eigenvalue weighted by atomic mass is 10.2. The number of amidine groups is 1. The van der Waals surface area contributed by atoms with Crippen LogP contribution in [-0.4, -0.2) is 28.9 Å². The van der Waals surface area contributed by atoms with Gasteiger partial charge >= 0.3 is 0 Å². The molecule has 28 heavy (non-hydrogen) atoms. The minimum atomic E-state index is -0.278. The van der Waals surface area contributed by atoms with Crippen molar-refractivity contribution in [3.63, 3.8) is 0 Å². The second kappa shape index (κ2) is 14.5. The Labute approximate surface area is 166 Å². The van der Waals surface area contributed by atoms with E-state index in [1.54, 1.807) is 43.7 Å². The van der Waals surface area contributed by atoms with E-state index in [4.69, 9.17) is 16.9 Å². The predicted octanol–water partition coefficient (Wildman–Crippen LogP) is 3.61. The molecule has 7 nitrogen and oxygen atoms in total. The summed E-state index contributed by atoms with van der Waals surface area (Å²) in [6.45, 7) is 7.69. The van der Waals surface area contributed by atoms with Gasteiger partial charge in [-0.15, -0.1) is 6.42 Å². The average Bonchev–Trinajstić information content (AvgIpc) is 2.76. The number of nitrogens with zero attached hydrogens (tertiary/aromatic N) is 3. The number of carbonyl (C=O) groups is 1. The minimum Gasteiger partial charge on any atom is -0.432 e. The number of aromatic nitrogens is 2. The first kappa shape index (κ1) is 24.3. The highest BCUT2D eigenvalue weighted by Gasteiger charge is 2.06. The maximum Gasteiger partial charge on any atom is 0.286 e. The first-order chi connectivity index (χ1) is 13.5. The van der Waals surface area contributed by atoms with Gasteiger partial charge in [0.1, 0.15) is 11.5 Å². The lowest BCUT2D eigenvalue weighted by Gasteiger charge is -2.03. The molecule has 2 aromatic heterocycles. The molecule has 3 N–H and O–H groups in total. The van der Waals surface area contributed by atoms with E-state index in [1.165, 1.54) is 6.20 Å². The maximum atomic E-state index is 11.8. The van der Waals surface area contributed by atoms with Crippen molar-refractivity contribution in [3.8, 4) is 12.3 Å². The fourth-order valence-electron chi connectivity index (χ4n) is 1.51. The van der Waals surface area contributed by atoms with Crippen molar-refractivity contribution in [3.05, 3.63) is 65.9 Å². The van der Waals surface area contributed by atoms with Crippen LogP contribution in [0.5, 0.6) is 0 Å². The largest absolute Gasteiger partial charge is 0.432 e. The van der Waals surface area contributed by atoms with E-state index in [2.05, 4.69) is 26.2 Å². The summed E-state index contributed by atoms with van der Waals surface area (Å²) in [6, 6.07) is 6.87. The van der Waals surface area contributed by atoms with Crippen LogP contribution in [0.1, 0.15) is 43.7 Å². The van der Waals surface area contributed by atoms with Crippen LogP contribution in [0.2, 0.25) is 0 Å². The fraction of sp³-hybridized carbons (Fsp3) is 0.238. The summed E-state index contributed by atoms with van der Waals surface area (Å²) in [5, 5.41) is 2.70. The monoisotopic (exact) mass is 381 g/mol. The van der Waals surface area contributed by atoms with Crippen LogP contribution in [0.4, 0.5) is 5.69 Å². The number of rotatable bonds is 3. The molecule has 0 saturated carbocycles. The zero-order valence-corrected chi connectivity index (χ0v) is 16.9. The zero-order chi connectivity index (χ0) is 21.4. The van der Waals surface area contributed by atoms with Gasteiger partial charge in [-0.25, -0.2) is 9.98 Å². The van der Waals surface area contributed by atoms with Crippen molar-refractivity contribution in [1.82, 2.24) is 9.97 Å². The van der Waals surface area contributed by atoms with Gasteiger partial charge in [0, 0.05) is 36.9 Å². The number of terminal acetylenes is 1. The van der Waals surface area contributed by atoms with Crippen LogP contribution in [0.3, 0.4) is 0 Å². The Morgan fingerprint density at radius 1 is 1.29 bits per heavy atom. The molecule has 0 spiro atoms. The quantitative estimate of drug-likeness (QED) is 0.366. The number of nitrogens with one attached hydrogen (secondary N) is 1. The van der Waals surface area contributed by atoms with Crippen molar-refractivity contribution in [2.24, 2.45) is 10.7 Å². The molecule has 0 aromatic carbocycles. The van der Waals surface area contributed by atoms with E-state index in [-0.39, 0.29) is 11.9 Å². The molecule has 1 amide bonds. The van der Waals surface area contributed by atoms with E-state index < -0.39 is 0 Å². The molecule has 0 aliphatic carbocycles. The van der Waals surface area contributed by atoms with E-state index in [0.717, 1.165) is 5.76 Å². The molecule has 7 heteroatoms. The lowest BCUT2D eigenvalue weighted by Crippen LogP contribution is -2.14. The second-order valence-electron chi connectivity index (χ2n) is 4.83. The Balaban J connectivity index is 0.000000566. The van der Waals surface area contributed by atoms with Gasteiger partial charge in [0.25, 0.3) is 11.9 Å². The van der Waals surface area contributed by atoms with Gasteiger partial charge < -0.3 is 15.8 Å². The van der Waals surface area contributed by atoms with E-state index in [0.29, 0.717) is 16.9 Å². The third-order valence-corrected chi connectivity index (χ3v) is 2.99.